The van der Waals surface area contributed by atoms with E-state index in [1.165, 1.54) is 0 Å². The van der Waals surface area contributed by atoms with Crippen molar-refractivity contribution in [2.75, 3.05) is 6.54 Å². The fourth-order valence-electron chi connectivity index (χ4n) is 1.70. The second-order valence-electron chi connectivity index (χ2n) is 4.75. The number of carbonyl (C=O) groups excluding carboxylic acids is 1. The van der Waals surface area contributed by atoms with E-state index in [9.17, 15) is 4.79 Å². The fourth-order valence-corrected chi connectivity index (χ4v) is 1.70. The van der Waals surface area contributed by atoms with Gasteiger partial charge in [-0.2, -0.15) is 0 Å². The Hall–Kier alpha value is -1.42. The van der Waals surface area contributed by atoms with Crippen LogP contribution < -0.4 is 11.1 Å². The van der Waals surface area contributed by atoms with Crippen molar-refractivity contribution >= 4 is 5.91 Å². The molecular weight excluding hydrogens is 214 g/mol. The lowest BCUT2D eigenvalue weighted by Crippen LogP contribution is -2.37. The van der Waals surface area contributed by atoms with E-state index in [1.807, 2.05) is 25.3 Å². The molecule has 1 atom stereocenters. The minimum atomic E-state index is -0.161. The van der Waals surface area contributed by atoms with Crippen LogP contribution in [-0.4, -0.2) is 23.5 Å². The minimum absolute atomic E-state index is 0.0670. The van der Waals surface area contributed by atoms with Crippen molar-refractivity contribution in [1.29, 1.82) is 0 Å². The van der Waals surface area contributed by atoms with Gasteiger partial charge in [-0.25, -0.2) is 0 Å². The Morgan fingerprint density at radius 1 is 1.59 bits per heavy atom. The molecule has 1 aliphatic rings. The molecule has 1 aromatic rings. The number of nitrogens with two attached hydrogens (primary N) is 1. The maximum atomic E-state index is 11.9. The van der Waals surface area contributed by atoms with Crippen LogP contribution in [0.25, 0.3) is 0 Å². The van der Waals surface area contributed by atoms with Gasteiger partial charge in [-0.3, -0.25) is 9.78 Å². The standard InChI is InChI=1S/C13H19N3O/c1-9-2-3-12(15-8-9)6-10(7-14)13(17)16-11-4-5-11/h2-3,8,10-11H,4-7,14H2,1H3,(H,16,17). The number of amides is 1. The van der Waals surface area contributed by atoms with Crippen molar-refractivity contribution in [2.24, 2.45) is 11.7 Å². The molecule has 4 heteroatoms. The maximum absolute atomic E-state index is 11.9. The van der Waals surface area contributed by atoms with Gasteiger partial charge < -0.3 is 11.1 Å². The molecule has 1 fully saturated rings. The van der Waals surface area contributed by atoms with E-state index < -0.39 is 0 Å². The molecule has 0 bridgehead atoms. The van der Waals surface area contributed by atoms with Crippen LogP contribution in [0.2, 0.25) is 0 Å². The predicted octanol–water partition coefficient (Wildman–Crippen LogP) is 0.786. The summed E-state index contributed by atoms with van der Waals surface area (Å²) >= 11 is 0. The number of carbonyl (C=O) groups is 1. The highest BCUT2D eigenvalue weighted by atomic mass is 16.2. The number of hydrogen-bond donors (Lipinski definition) is 2. The first-order valence-corrected chi connectivity index (χ1v) is 6.11. The minimum Gasteiger partial charge on any atom is -0.353 e. The molecule has 1 heterocycles. The lowest BCUT2D eigenvalue weighted by molar-refractivity contribution is -0.124. The molecule has 1 aromatic heterocycles. The lowest BCUT2D eigenvalue weighted by Gasteiger charge is -2.14. The highest BCUT2D eigenvalue weighted by molar-refractivity contribution is 5.79. The number of hydrogen-bond acceptors (Lipinski definition) is 3. The van der Waals surface area contributed by atoms with Gasteiger partial charge in [0.15, 0.2) is 0 Å². The Morgan fingerprint density at radius 3 is 2.88 bits per heavy atom. The third-order valence-electron chi connectivity index (χ3n) is 3.01. The average Bonchev–Trinajstić information content (AvgIpc) is 3.12. The van der Waals surface area contributed by atoms with E-state index in [0.29, 0.717) is 19.0 Å². The Labute approximate surface area is 102 Å². The van der Waals surface area contributed by atoms with Gasteiger partial charge in [-0.05, 0) is 31.4 Å². The van der Waals surface area contributed by atoms with Crippen LogP contribution in [0.4, 0.5) is 0 Å². The first-order valence-electron chi connectivity index (χ1n) is 6.11. The van der Waals surface area contributed by atoms with Crippen molar-refractivity contribution in [2.45, 2.75) is 32.2 Å². The molecule has 17 heavy (non-hydrogen) atoms. The number of pyridine rings is 1. The van der Waals surface area contributed by atoms with Crippen LogP contribution in [0.15, 0.2) is 18.3 Å². The van der Waals surface area contributed by atoms with Gasteiger partial charge in [-0.15, -0.1) is 0 Å². The third kappa shape index (κ3) is 3.53. The summed E-state index contributed by atoms with van der Waals surface area (Å²) in [5.41, 5.74) is 7.71. The van der Waals surface area contributed by atoms with Crippen LogP contribution in [-0.2, 0) is 11.2 Å². The molecule has 0 saturated heterocycles. The van der Waals surface area contributed by atoms with E-state index >= 15 is 0 Å². The third-order valence-corrected chi connectivity index (χ3v) is 3.01. The molecule has 2 rings (SSSR count). The van der Waals surface area contributed by atoms with Crippen molar-refractivity contribution < 1.29 is 4.79 Å². The zero-order valence-corrected chi connectivity index (χ0v) is 10.1. The second kappa shape index (κ2) is 5.27. The molecule has 1 amide bonds. The molecular formula is C13H19N3O. The normalized spacial score (nSPS) is 16.6. The smallest absolute Gasteiger partial charge is 0.224 e. The zero-order valence-electron chi connectivity index (χ0n) is 10.1. The largest absolute Gasteiger partial charge is 0.353 e. The number of rotatable bonds is 5. The molecule has 0 aromatic carbocycles. The van der Waals surface area contributed by atoms with Crippen molar-refractivity contribution in [1.82, 2.24) is 10.3 Å². The monoisotopic (exact) mass is 233 g/mol. The van der Waals surface area contributed by atoms with Gasteiger partial charge in [0.25, 0.3) is 0 Å². The van der Waals surface area contributed by atoms with E-state index in [2.05, 4.69) is 10.3 Å². The molecule has 1 saturated carbocycles. The highest BCUT2D eigenvalue weighted by Gasteiger charge is 2.27. The van der Waals surface area contributed by atoms with Crippen LogP contribution >= 0.6 is 0 Å². The molecule has 4 nitrogen and oxygen atoms in total. The highest BCUT2D eigenvalue weighted by Crippen LogP contribution is 2.19. The fraction of sp³-hybridized carbons (Fsp3) is 0.538. The van der Waals surface area contributed by atoms with Crippen LogP contribution in [0.1, 0.15) is 24.1 Å². The van der Waals surface area contributed by atoms with Crippen LogP contribution in [0, 0.1) is 12.8 Å². The first kappa shape index (κ1) is 12.0. The van der Waals surface area contributed by atoms with E-state index in [0.717, 1.165) is 24.1 Å². The number of nitrogens with zero attached hydrogens (tertiary/aromatic N) is 1. The quantitative estimate of drug-likeness (QED) is 0.790. The molecule has 1 unspecified atom stereocenters. The van der Waals surface area contributed by atoms with Crippen molar-refractivity contribution in [3.8, 4) is 0 Å². The summed E-state index contributed by atoms with van der Waals surface area (Å²) in [6.45, 7) is 2.37. The first-order chi connectivity index (χ1) is 8.19. The molecule has 0 aliphatic heterocycles. The number of nitrogens with one attached hydrogen (secondary N) is 1. The SMILES string of the molecule is Cc1ccc(CC(CN)C(=O)NC2CC2)nc1. The Bertz CT molecular complexity index is 384. The topological polar surface area (TPSA) is 68.0 Å². The Balaban J connectivity index is 1.93. The molecule has 0 radical (unpaired) electrons. The van der Waals surface area contributed by atoms with Crippen molar-refractivity contribution in [3.05, 3.63) is 29.6 Å². The Kier molecular flexibility index (Phi) is 3.74. The molecule has 1 aliphatic carbocycles. The van der Waals surface area contributed by atoms with Gasteiger partial charge in [-0.1, -0.05) is 6.07 Å². The summed E-state index contributed by atoms with van der Waals surface area (Å²) in [4.78, 5) is 16.2. The lowest BCUT2D eigenvalue weighted by atomic mass is 10.0. The zero-order chi connectivity index (χ0) is 12.3. The summed E-state index contributed by atoms with van der Waals surface area (Å²) in [6, 6.07) is 4.36. The number of aryl methyl sites for hydroxylation is 1. The number of aromatic nitrogens is 1. The second-order valence-corrected chi connectivity index (χ2v) is 4.75. The van der Waals surface area contributed by atoms with Gasteiger partial charge in [0.05, 0.1) is 5.92 Å². The molecule has 3 N–H and O–H groups in total. The van der Waals surface area contributed by atoms with Crippen molar-refractivity contribution in [3.63, 3.8) is 0 Å². The van der Waals surface area contributed by atoms with Gasteiger partial charge in [0.2, 0.25) is 5.91 Å². The predicted molar refractivity (Wildman–Crippen MR) is 66.4 cm³/mol. The van der Waals surface area contributed by atoms with Crippen LogP contribution in [0.3, 0.4) is 0 Å². The van der Waals surface area contributed by atoms with Gasteiger partial charge in [0, 0.05) is 30.9 Å². The summed E-state index contributed by atoms with van der Waals surface area (Å²) in [7, 11) is 0. The van der Waals surface area contributed by atoms with Gasteiger partial charge >= 0.3 is 0 Å². The average molecular weight is 233 g/mol. The summed E-state index contributed by atoms with van der Waals surface area (Å²) in [6.07, 6.45) is 4.65. The van der Waals surface area contributed by atoms with E-state index in [4.69, 9.17) is 5.73 Å². The summed E-state index contributed by atoms with van der Waals surface area (Å²) < 4.78 is 0. The molecule has 92 valence electrons. The van der Waals surface area contributed by atoms with E-state index in [-0.39, 0.29) is 11.8 Å². The van der Waals surface area contributed by atoms with Crippen LogP contribution in [0.5, 0.6) is 0 Å². The Morgan fingerprint density at radius 2 is 2.35 bits per heavy atom. The molecule has 0 spiro atoms. The van der Waals surface area contributed by atoms with Gasteiger partial charge in [0.1, 0.15) is 0 Å². The summed E-state index contributed by atoms with van der Waals surface area (Å²) in [5.74, 6) is -0.0943. The maximum Gasteiger partial charge on any atom is 0.224 e. The summed E-state index contributed by atoms with van der Waals surface area (Å²) in [5, 5.41) is 2.99. The van der Waals surface area contributed by atoms with E-state index in [1.54, 1.807) is 0 Å².